The Kier molecular flexibility index (Phi) is 2.99. The lowest BCUT2D eigenvalue weighted by Gasteiger charge is -2.14. The molecule has 0 aliphatic carbocycles. The van der Waals surface area contributed by atoms with E-state index in [4.69, 9.17) is 4.74 Å². The van der Waals surface area contributed by atoms with E-state index in [-0.39, 0.29) is 0 Å². The predicted molar refractivity (Wildman–Crippen MR) is 55.4 cm³/mol. The highest BCUT2D eigenvalue weighted by Crippen LogP contribution is 2.28. The molecular weight excluding hydrogens is 176 g/mol. The van der Waals surface area contributed by atoms with Gasteiger partial charge in [0.2, 0.25) is 5.88 Å². The molecular formula is C11H16N2O. The summed E-state index contributed by atoms with van der Waals surface area (Å²) in [5, 5.41) is 3.45. The molecule has 1 N–H and O–H groups in total. The van der Waals surface area contributed by atoms with Crippen molar-refractivity contribution in [3.63, 3.8) is 0 Å². The van der Waals surface area contributed by atoms with E-state index in [2.05, 4.69) is 16.4 Å². The Bertz CT molecular complexity index is 295. The second kappa shape index (κ2) is 4.42. The second-order valence-electron chi connectivity index (χ2n) is 3.48. The molecule has 1 atom stereocenters. The minimum atomic E-state index is 0.435. The van der Waals surface area contributed by atoms with Gasteiger partial charge in [0.25, 0.3) is 0 Å². The van der Waals surface area contributed by atoms with Crippen LogP contribution in [-0.2, 0) is 0 Å². The predicted octanol–water partition coefficient (Wildman–Crippen LogP) is 1.90. The van der Waals surface area contributed by atoms with Gasteiger partial charge >= 0.3 is 0 Å². The first kappa shape index (κ1) is 9.46. The summed E-state index contributed by atoms with van der Waals surface area (Å²) in [5.74, 6) is 0.786. The van der Waals surface area contributed by atoms with Crippen LogP contribution in [0.15, 0.2) is 18.3 Å². The molecule has 0 radical (unpaired) electrons. The van der Waals surface area contributed by atoms with E-state index in [1.807, 2.05) is 13.0 Å². The number of ether oxygens (including phenoxy) is 1. The van der Waals surface area contributed by atoms with Crippen molar-refractivity contribution in [2.45, 2.75) is 25.8 Å². The van der Waals surface area contributed by atoms with Gasteiger partial charge in [-0.2, -0.15) is 0 Å². The third-order valence-corrected chi connectivity index (χ3v) is 2.52. The highest BCUT2D eigenvalue weighted by atomic mass is 16.5. The topological polar surface area (TPSA) is 34.1 Å². The Morgan fingerprint density at radius 1 is 1.64 bits per heavy atom. The number of rotatable bonds is 3. The number of aromatic nitrogens is 1. The lowest BCUT2D eigenvalue weighted by atomic mass is 10.1. The van der Waals surface area contributed by atoms with Gasteiger partial charge in [0.05, 0.1) is 6.61 Å². The van der Waals surface area contributed by atoms with Crippen molar-refractivity contribution in [3.8, 4) is 5.88 Å². The Balaban J connectivity index is 2.21. The molecule has 76 valence electrons. The molecule has 14 heavy (non-hydrogen) atoms. The Morgan fingerprint density at radius 3 is 3.29 bits per heavy atom. The van der Waals surface area contributed by atoms with Gasteiger partial charge in [-0.05, 0) is 32.4 Å². The van der Waals surface area contributed by atoms with Gasteiger partial charge in [-0.3, -0.25) is 0 Å². The summed E-state index contributed by atoms with van der Waals surface area (Å²) in [6.07, 6.45) is 4.21. The summed E-state index contributed by atoms with van der Waals surface area (Å²) < 4.78 is 5.50. The van der Waals surface area contributed by atoms with Crippen LogP contribution in [0.1, 0.15) is 31.4 Å². The SMILES string of the molecule is CCOc1ncccc1C1CCCN1. The summed E-state index contributed by atoms with van der Waals surface area (Å²) in [5.41, 5.74) is 1.20. The summed E-state index contributed by atoms with van der Waals surface area (Å²) in [6, 6.07) is 4.50. The van der Waals surface area contributed by atoms with Crippen LogP contribution < -0.4 is 10.1 Å². The van der Waals surface area contributed by atoms with Gasteiger partial charge in [-0.15, -0.1) is 0 Å². The number of pyridine rings is 1. The summed E-state index contributed by atoms with van der Waals surface area (Å²) in [7, 11) is 0. The maximum atomic E-state index is 5.50. The largest absolute Gasteiger partial charge is 0.478 e. The molecule has 0 bridgehead atoms. The highest BCUT2D eigenvalue weighted by Gasteiger charge is 2.20. The van der Waals surface area contributed by atoms with Crippen LogP contribution in [0.2, 0.25) is 0 Å². The quantitative estimate of drug-likeness (QED) is 0.794. The number of hydrogen-bond donors (Lipinski definition) is 1. The molecule has 0 saturated carbocycles. The van der Waals surface area contributed by atoms with Gasteiger partial charge in [0.1, 0.15) is 0 Å². The van der Waals surface area contributed by atoms with Gasteiger partial charge in [-0.1, -0.05) is 6.07 Å². The normalized spacial score (nSPS) is 21.1. The monoisotopic (exact) mass is 192 g/mol. The fourth-order valence-corrected chi connectivity index (χ4v) is 1.88. The summed E-state index contributed by atoms with van der Waals surface area (Å²) in [6.45, 7) is 3.77. The molecule has 1 aromatic heterocycles. The molecule has 3 nitrogen and oxygen atoms in total. The highest BCUT2D eigenvalue weighted by molar-refractivity contribution is 5.29. The van der Waals surface area contributed by atoms with Crippen LogP contribution >= 0.6 is 0 Å². The van der Waals surface area contributed by atoms with Crippen LogP contribution in [0.5, 0.6) is 5.88 Å². The molecule has 2 heterocycles. The van der Waals surface area contributed by atoms with E-state index in [9.17, 15) is 0 Å². The second-order valence-corrected chi connectivity index (χ2v) is 3.48. The fraction of sp³-hybridized carbons (Fsp3) is 0.545. The number of hydrogen-bond acceptors (Lipinski definition) is 3. The maximum Gasteiger partial charge on any atom is 0.218 e. The van der Waals surface area contributed by atoms with Crippen molar-refractivity contribution < 1.29 is 4.74 Å². The first-order chi connectivity index (χ1) is 6.92. The van der Waals surface area contributed by atoms with E-state index < -0.39 is 0 Å². The molecule has 1 aromatic rings. The van der Waals surface area contributed by atoms with Crippen LogP contribution in [0.3, 0.4) is 0 Å². The van der Waals surface area contributed by atoms with E-state index in [1.54, 1.807) is 6.20 Å². The van der Waals surface area contributed by atoms with E-state index in [0.717, 1.165) is 12.4 Å². The third-order valence-electron chi connectivity index (χ3n) is 2.52. The Labute approximate surface area is 84.5 Å². The van der Waals surface area contributed by atoms with Crippen LogP contribution in [0, 0.1) is 0 Å². The average Bonchev–Trinajstić information content (AvgIpc) is 2.72. The first-order valence-corrected chi connectivity index (χ1v) is 5.23. The summed E-state index contributed by atoms with van der Waals surface area (Å²) in [4.78, 5) is 4.25. The molecule has 3 heteroatoms. The number of nitrogens with one attached hydrogen (secondary N) is 1. The first-order valence-electron chi connectivity index (χ1n) is 5.23. The molecule has 1 saturated heterocycles. The molecule has 0 aromatic carbocycles. The molecule has 1 aliphatic rings. The van der Waals surface area contributed by atoms with Gasteiger partial charge in [-0.25, -0.2) is 4.98 Å². The van der Waals surface area contributed by atoms with Crippen molar-refractivity contribution in [1.82, 2.24) is 10.3 Å². The maximum absolute atomic E-state index is 5.50. The zero-order valence-electron chi connectivity index (χ0n) is 8.49. The van der Waals surface area contributed by atoms with Crippen molar-refractivity contribution >= 4 is 0 Å². The zero-order valence-corrected chi connectivity index (χ0v) is 8.49. The molecule has 2 rings (SSSR count). The minimum Gasteiger partial charge on any atom is -0.478 e. The third kappa shape index (κ3) is 1.87. The van der Waals surface area contributed by atoms with Crippen LogP contribution in [0.4, 0.5) is 0 Å². The Morgan fingerprint density at radius 2 is 2.57 bits per heavy atom. The van der Waals surface area contributed by atoms with Gasteiger partial charge in [0, 0.05) is 17.8 Å². The summed E-state index contributed by atoms with van der Waals surface area (Å²) >= 11 is 0. The zero-order chi connectivity index (χ0) is 9.80. The number of nitrogens with zero attached hydrogens (tertiary/aromatic N) is 1. The molecule has 1 aliphatic heterocycles. The standard InChI is InChI=1S/C11H16N2O/c1-2-14-11-9(5-3-8-13-11)10-6-4-7-12-10/h3,5,8,10,12H,2,4,6-7H2,1H3. The van der Waals surface area contributed by atoms with E-state index in [0.29, 0.717) is 12.6 Å². The van der Waals surface area contributed by atoms with Crippen LogP contribution in [0.25, 0.3) is 0 Å². The van der Waals surface area contributed by atoms with Crippen molar-refractivity contribution in [2.75, 3.05) is 13.2 Å². The average molecular weight is 192 g/mol. The van der Waals surface area contributed by atoms with E-state index in [1.165, 1.54) is 18.4 Å². The molecule has 0 spiro atoms. The fourth-order valence-electron chi connectivity index (χ4n) is 1.88. The smallest absolute Gasteiger partial charge is 0.218 e. The Hall–Kier alpha value is -1.09. The van der Waals surface area contributed by atoms with Crippen LogP contribution in [-0.4, -0.2) is 18.1 Å². The molecule has 1 fully saturated rings. The van der Waals surface area contributed by atoms with Crippen molar-refractivity contribution in [2.24, 2.45) is 0 Å². The molecule has 0 amide bonds. The lowest BCUT2D eigenvalue weighted by molar-refractivity contribution is 0.319. The van der Waals surface area contributed by atoms with Crippen molar-refractivity contribution in [3.05, 3.63) is 23.9 Å². The molecule has 1 unspecified atom stereocenters. The van der Waals surface area contributed by atoms with E-state index >= 15 is 0 Å². The van der Waals surface area contributed by atoms with Gasteiger partial charge in [0.15, 0.2) is 0 Å². The van der Waals surface area contributed by atoms with Crippen molar-refractivity contribution in [1.29, 1.82) is 0 Å². The minimum absolute atomic E-state index is 0.435. The lowest BCUT2D eigenvalue weighted by Crippen LogP contribution is -2.14. The van der Waals surface area contributed by atoms with Gasteiger partial charge < -0.3 is 10.1 Å².